The highest BCUT2D eigenvalue weighted by molar-refractivity contribution is 7.98. The molecule has 204 valence electrons. The zero-order chi connectivity index (χ0) is 26.9. The van der Waals surface area contributed by atoms with Crippen molar-refractivity contribution in [2.24, 2.45) is 17.8 Å². The molecule has 39 heavy (non-hydrogen) atoms. The normalized spacial score (nSPS) is 31.3. The van der Waals surface area contributed by atoms with E-state index < -0.39 is 35.5 Å². The summed E-state index contributed by atoms with van der Waals surface area (Å²) in [5.41, 5.74) is 0.943. The summed E-state index contributed by atoms with van der Waals surface area (Å²) in [6.07, 6.45) is 8.11. The van der Waals surface area contributed by atoms with E-state index in [0.29, 0.717) is 10.6 Å². The van der Waals surface area contributed by atoms with Crippen LogP contribution < -0.4 is 10.6 Å². The van der Waals surface area contributed by atoms with E-state index in [9.17, 15) is 23.6 Å². The largest absolute Gasteiger partial charge is 0.306 e. The molecule has 1 aromatic heterocycles. The van der Waals surface area contributed by atoms with E-state index in [1.54, 1.807) is 11.3 Å². The average Bonchev–Trinajstić information content (AvgIpc) is 3.45. The smallest absolute Gasteiger partial charge is 0.265 e. The van der Waals surface area contributed by atoms with Gasteiger partial charge in [0, 0.05) is 28.8 Å². The maximum absolute atomic E-state index is 14.7. The number of nitrogens with one attached hydrogen (secondary N) is 2. The molecule has 11 heteroatoms. The zero-order valence-corrected chi connectivity index (χ0v) is 23.0. The predicted molar refractivity (Wildman–Crippen MR) is 142 cm³/mol. The number of hydrogen-bond acceptors (Lipinski definition) is 8. The maximum atomic E-state index is 14.7. The summed E-state index contributed by atoms with van der Waals surface area (Å²) in [5.74, 6) is -0.395. The first kappa shape index (κ1) is 25.3. The van der Waals surface area contributed by atoms with Gasteiger partial charge in [-0.3, -0.25) is 29.4 Å². The zero-order valence-electron chi connectivity index (χ0n) is 21.3. The Morgan fingerprint density at radius 3 is 2.44 bits per heavy atom. The van der Waals surface area contributed by atoms with Crippen molar-refractivity contribution in [2.75, 3.05) is 0 Å². The number of benzene rings is 1. The highest BCUT2D eigenvalue weighted by Gasteiger charge is 2.51. The van der Waals surface area contributed by atoms with Gasteiger partial charge in [-0.25, -0.2) is 9.37 Å². The monoisotopic (exact) mass is 568 g/mol. The van der Waals surface area contributed by atoms with Crippen molar-refractivity contribution in [3.63, 3.8) is 0 Å². The summed E-state index contributed by atoms with van der Waals surface area (Å²) in [5, 5.41) is 9.00. The summed E-state index contributed by atoms with van der Waals surface area (Å²) in [6, 6.07) is 1.56. The number of rotatable bonds is 7. The number of nitrogens with zero attached hydrogens (tertiary/aromatic N) is 2. The van der Waals surface area contributed by atoms with Crippen LogP contribution in [0.5, 0.6) is 0 Å². The summed E-state index contributed by atoms with van der Waals surface area (Å²) in [4.78, 5) is 56.3. The molecule has 2 aromatic rings. The number of thioether (sulfide) groups is 1. The number of carbonyl (C=O) groups is 4. The molecular weight excluding hydrogens is 539 g/mol. The standard InChI is InChI=1S/C28H29FN4O4S2/c29-18-1-3-20(24-23(18)26(36)33(27(24)37)19-2-4-21(34)32-25(19)35)38-13-22-31-17(12-39-22)11-30-28-8-14-5-15(9-28)7-16(6-14)10-28/h1,3,12,14-16,19,30H,2,4-11,13H2,(H,32,34,35). The minimum atomic E-state index is -1.13. The van der Waals surface area contributed by atoms with Crippen LogP contribution in [0.25, 0.3) is 0 Å². The Bertz CT molecular complexity index is 1370. The number of hydrogen-bond donors (Lipinski definition) is 2. The van der Waals surface area contributed by atoms with Crippen molar-refractivity contribution >= 4 is 46.7 Å². The van der Waals surface area contributed by atoms with E-state index in [-0.39, 0.29) is 29.5 Å². The molecule has 8 rings (SSSR count). The van der Waals surface area contributed by atoms with E-state index in [1.165, 1.54) is 62.4 Å². The summed E-state index contributed by atoms with van der Waals surface area (Å²) in [7, 11) is 0. The van der Waals surface area contributed by atoms with Crippen LogP contribution in [0.2, 0.25) is 0 Å². The number of halogens is 1. The van der Waals surface area contributed by atoms with Gasteiger partial charge in [-0.1, -0.05) is 0 Å². The van der Waals surface area contributed by atoms with Gasteiger partial charge in [-0.15, -0.1) is 23.1 Å². The number of thiazole rings is 1. The second-order valence-electron chi connectivity index (χ2n) is 11.8. The van der Waals surface area contributed by atoms with Gasteiger partial charge in [0.2, 0.25) is 11.8 Å². The third kappa shape index (κ3) is 4.42. The van der Waals surface area contributed by atoms with Crippen molar-refractivity contribution in [1.82, 2.24) is 20.5 Å². The van der Waals surface area contributed by atoms with Gasteiger partial charge in [0.05, 0.1) is 22.6 Å². The molecule has 4 aliphatic carbocycles. The lowest BCUT2D eigenvalue weighted by atomic mass is 9.53. The molecule has 0 radical (unpaired) electrons. The fourth-order valence-electron chi connectivity index (χ4n) is 7.89. The third-order valence-electron chi connectivity index (χ3n) is 9.14. The number of aromatic nitrogens is 1. The summed E-state index contributed by atoms with van der Waals surface area (Å²) in [6.45, 7) is 0.743. The van der Waals surface area contributed by atoms with E-state index in [1.807, 2.05) is 0 Å². The molecule has 8 nitrogen and oxygen atoms in total. The van der Waals surface area contributed by atoms with Crippen molar-refractivity contribution < 1.29 is 23.6 Å². The first-order valence-electron chi connectivity index (χ1n) is 13.6. The first-order valence-corrected chi connectivity index (χ1v) is 15.5. The minimum absolute atomic E-state index is 0.0119. The predicted octanol–water partition coefficient (Wildman–Crippen LogP) is 4.03. The molecule has 5 fully saturated rings. The van der Waals surface area contributed by atoms with Crippen LogP contribution >= 0.6 is 23.1 Å². The molecule has 2 N–H and O–H groups in total. The first-order chi connectivity index (χ1) is 18.8. The molecule has 4 saturated carbocycles. The maximum Gasteiger partial charge on any atom is 0.265 e. The SMILES string of the molecule is O=C1CCC(N2C(=O)c3c(F)ccc(SCc4nc(CNC56CC7CC(CC(C7)C5)C6)cs4)c3C2=O)C(=O)N1. The van der Waals surface area contributed by atoms with Gasteiger partial charge in [0.25, 0.3) is 11.8 Å². The Balaban J connectivity index is 1.03. The van der Waals surface area contributed by atoms with Gasteiger partial charge >= 0.3 is 0 Å². The minimum Gasteiger partial charge on any atom is -0.306 e. The topological polar surface area (TPSA) is 108 Å². The second-order valence-corrected chi connectivity index (χ2v) is 13.8. The lowest BCUT2D eigenvalue weighted by Crippen LogP contribution is -2.58. The molecular formula is C28H29FN4O4S2. The number of piperidine rings is 1. The van der Waals surface area contributed by atoms with Crippen LogP contribution in [0.15, 0.2) is 22.4 Å². The van der Waals surface area contributed by atoms with Crippen molar-refractivity contribution in [2.45, 2.75) is 80.1 Å². The lowest BCUT2D eigenvalue weighted by molar-refractivity contribution is -0.136. The molecule has 1 unspecified atom stereocenters. The molecule has 1 atom stereocenters. The molecule has 4 bridgehead atoms. The Morgan fingerprint density at radius 2 is 1.74 bits per heavy atom. The molecule has 1 saturated heterocycles. The van der Waals surface area contributed by atoms with Gasteiger partial charge in [0.15, 0.2) is 0 Å². The number of carbonyl (C=O) groups excluding carboxylic acids is 4. The van der Waals surface area contributed by atoms with Crippen LogP contribution in [-0.4, -0.2) is 45.1 Å². The number of imide groups is 2. The fourth-order valence-corrected chi connectivity index (χ4v) is 9.75. The lowest BCUT2D eigenvalue weighted by Gasteiger charge is -2.57. The fraction of sp³-hybridized carbons (Fsp3) is 0.536. The Hall–Kier alpha value is -2.63. The summed E-state index contributed by atoms with van der Waals surface area (Å²) >= 11 is 2.88. The van der Waals surface area contributed by atoms with Crippen molar-refractivity contribution in [3.8, 4) is 0 Å². The Kier molecular flexibility index (Phi) is 6.16. The van der Waals surface area contributed by atoms with Crippen LogP contribution in [-0.2, 0) is 21.9 Å². The van der Waals surface area contributed by atoms with Gasteiger partial charge in [-0.05, 0) is 74.8 Å². The molecule has 2 aliphatic heterocycles. The molecule has 6 aliphatic rings. The van der Waals surface area contributed by atoms with E-state index >= 15 is 0 Å². The molecule has 3 heterocycles. The van der Waals surface area contributed by atoms with Gasteiger partial charge < -0.3 is 5.32 Å². The average molecular weight is 569 g/mol. The quantitative estimate of drug-likeness (QED) is 0.384. The van der Waals surface area contributed by atoms with Gasteiger partial charge in [-0.2, -0.15) is 0 Å². The third-order valence-corrected chi connectivity index (χ3v) is 11.3. The summed E-state index contributed by atoms with van der Waals surface area (Å²) < 4.78 is 14.7. The Morgan fingerprint density at radius 1 is 1.05 bits per heavy atom. The molecule has 1 aromatic carbocycles. The van der Waals surface area contributed by atoms with Crippen LogP contribution in [0.4, 0.5) is 4.39 Å². The van der Waals surface area contributed by atoms with E-state index in [0.717, 1.165) is 39.9 Å². The number of fused-ring (bicyclic) bond motifs is 1. The Labute approximate surface area is 233 Å². The highest BCUT2D eigenvalue weighted by Crippen LogP contribution is 2.55. The highest BCUT2D eigenvalue weighted by atomic mass is 32.2. The number of amides is 4. The van der Waals surface area contributed by atoms with Crippen molar-refractivity contribution in [1.29, 1.82) is 0 Å². The molecule has 0 spiro atoms. The van der Waals surface area contributed by atoms with E-state index in [4.69, 9.17) is 4.98 Å². The van der Waals surface area contributed by atoms with Gasteiger partial charge in [0.1, 0.15) is 16.9 Å². The van der Waals surface area contributed by atoms with Crippen LogP contribution in [0, 0.1) is 23.6 Å². The second kappa shape index (κ2) is 9.49. The van der Waals surface area contributed by atoms with E-state index in [2.05, 4.69) is 16.0 Å². The van der Waals surface area contributed by atoms with Crippen LogP contribution in [0.1, 0.15) is 82.8 Å². The van der Waals surface area contributed by atoms with Crippen LogP contribution in [0.3, 0.4) is 0 Å². The van der Waals surface area contributed by atoms with Crippen molar-refractivity contribution in [3.05, 3.63) is 45.2 Å². The molecule has 4 amide bonds.